The quantitative estimate of drug-likeness (QED) is 0.943. The van der Waals surface area contributed by atoms with Crippen molar-refractivity contribution in [2.75, 3.05) is 0 Å². The van der Waals surface area contributed by atoms with E-state index < -0.39 is 10.0 Å². The number of rotatable bonds is 4. The Morgan fingerprint density at radius 1 is 1.05 bits per heavy atom. The number of nitrogens with zero attached hydrogens (tertiary/aromatic N) is 1. The summed E-state index contributed by atoms with van der Waals surface area (Å²) in [6, 6.07) is 12.6. The molecule has 0 heterocycles. The number of hydrogen-bond donors (Lipinski definition) is 1. The van der Waals surface area contributed by atoms with Crippen LogP contribution in [-0.4, -0.2) is 8.42 Å². The zero-order valence-corrected chi connectivity index (χ0v) is 13.7. The zero-order valence-electron chi connectivity index (χ0n) is 12.8. The van der Waals surface area contributed by atoms with Crippen LogP contribution in [0, 0.1) is 32.1 Å². The van der Waals surface area contributed by atoms with E-state index in [4.69, 9.17) is 5.26 Å². The molecule has 0 aliphatic heterocycles. The van der Waals surface area contributed by atoms with Gasteiger partial charge in [0.05, 0.1) is 16.5 Å². The summed E-state index contributed by atoms with van der Waals surface area (Å²) in [6.07, 6.45) is 0. The van der Waals surface area contributed by atoms with Gasteiger partial charge in [-0.25, -0.2) is 13.1 Å². The van der Waals surface area contributed by atoms with Crippen molar-refractivity contribution in [1.29, 1.82) is 5.26 Å². The first-order valence-electron chi connectivity index (χ1n) is 6.90. The topological polar surface area (TPSA) is 70.0 Å². The lowest BCUT2D eigenvalue weighted by molar-refractivity contribution is 0.580. The SMILES string of the molecule is Cc1cc(C)c(S(=O)(=O)NCc2ccc(C#N)cc2)c(C)c1. The summed E-state index contributed by atoms with van der Waals surface area (Å²) in [7, 11) is -3.57. The van der Waals surface area contributed by atoms with Gasteiger partial charge in [-0.15, -0.1) is 0 Å². The van der Waals surface area contributed by atoms with E-state index in [1.54, 1.807) is 38.1 Å². The smallest absolute Gasteiger partial charge is 0.207 e. The fraction of sp³-hybridized carbons (Fsp3) is 0.235. The molecule has 5 heteroatoms. The summed E-state index contributed by atoms with van der Waals surface area (Å²) >= 11 is 0. The first-order valence-corrected chi connectivity index (χ1v) is 8.38. The average molecular weight is 314 g/mol. The third-order valence-electron chi connectivity index (χ3n) is 3.42. The molecule has 2 rings (SSSR count). The molecule has 114 valence electrons. The van der Waals surface area contributed by atoms with E-state index >= 15 is 0 Å². The standard InChI is InChI=1S/C17H18N2O2S/c1-12-8-13(2)17(14(3)9-12)22(20,21)19-11-16-6-4-15(10-18)5-7-16/h4-9,19H,11H2,1-3H3. The second kappa shape index (κ2) is 6.30. The highest BCUT2D eigenvalue weighted by Gasteiger charge is 2.19. The molecule has 0 spiro atoms. The molecule has 0 saturated carbocycles. The minimum absolute atomic E-state index is 0.195. The molecule has 22 heavy (non-hydrogen) atoms. The Hall–Kier alpha value is -2.16. The van der Waals surface area contributed by atoms with Crippen LogP contribution in [0.2, 0.25) is 0 Å². The van der Waals surface area contributed by atoms with Crippen LogP contribution in [0.3, 0.4) is 0 Å². The van der Waals surface area contributed by atoms with Crippen molar-refractivity contribution in [3.05, 3.63) is 64.2 Å². The van der Waals surface area contributed by atoms with Gasteiger partial charge in [0.1, 0.15) is 0 Å². The molecule has 0 bridgehead atoms. The second-order valence-corrected chi connectivity index (χ2v) is 7.06. The Kier molecular flexibility index (Phi) is 4.65. The second-order valence-electron chi connectivity index (χ2n) is 5.36. The number of nitriles is 1. The van der Waals surface area contributed by atoms with Gasteiger partial charge in [0, 0.05) is 6.54 Å². The maximum Gasteiger partial charge on any atom is 0.241 e. The largest absolute Gasteiger partial charge is 0.241 e. The lowest BCUT2D eigenvalue weighted by atomic mass is 10.1. The molecule has 0 aromatic heterocycles. The molecule has 2 aromatic rings. The lowest BCUT2D eigenvalue weighted by Crippen LogP contribution is -2.25. The van der Waals surface area contributed by atoms with Crippen LogP contribution >= 0.6 is 0 Å². The van der Waals surface area contributed by atoms with E-state index in [2.05, 4.69) is 4.72 Å². The summed E-state index contributed by atoms with van der Waals surface area (Å²) in [5.74, 6) is 0. The van der Waals surface area contributed by atoms with E-state index in [-0.39, 0.29) is 6.54 Å². The Balaban J connectivity index is 2.23. The molecule has 0 unspecified atom stereocenters. The Labute approximate surface area is 131 Å². The molecule has 2 aromatic carbocycles. The van der Waals surface area contributed by atoms with E-state index in [1.165, 1.54) is 0 Å². The molecule has 0 fully saturated rings. The van der Waals surface area contributed by atoms with Gasteiger partial charge in [0.25, 0.3) is 0 Å². The van der Waals surface area contributed by atoms with Crippen LogP contribution in [-0.2, 0) is 16.6 Å². The maximum atomic E-state index is 12.5. The van der Waals surface area contributed by atoms with Gasteiger partial charge in [-0.2, -0.15) is 5.26 Å². The third kappa shape index (κ3) is 3.53. The fourth-order valence-electron chi connectivity index (χ4n) is 2.54. The van der Waals surface area contributed by atoms with Crippen molar-refractivity contribution >= 4 is 10.0 Å². The molecule has 1 N–H and O–H groups in total. The highest BCUT2D eigenvalue weighted by molar-refractivity contribution is 7.89. The minimum Gasteiger partial charge on any atom is -0.207 e. The van der Waals surface area contributed by atoms with Gasteiger partial charge in [-0.05, 0) is 49.6 Å². The van der Waals surface area contributed by atoms with E-state index in [0.29, 0.717) is 10.5 Å². The molecule has 4 nitrogen and oxygen atoms in total. The van der Waals surface area contributed by atoms with Gasteiger partial charge in [0.15, 0.2) is 0 Å². The van der Waals surface area contributed by atoms with Crippen molar-refractivity contribution in [1.82, 2.24) is 4.72 Å². The van der Waals surface area contributed by atoms with Crippen molar-refractivity contribution in [3.63, 3.8) is 0 Å². The zero-order chi connectivity index (χ0) is 16.3. The van der Waals surface area contributed by atoms with Crippen LogP contribution < -0.4 is 4.72 Å². The molecule has 0 amide bonds. The van der Waals surface area contributed by atoms with Gasteiger partial charge in [-0.1, -0.05) is 29.8 Å². The predicted molar refractivity (Wildman–Crippen MR) is 85.8 cm³/mol. The van der Waals surface area contributed by atoms with E-state index in [0.717, 1.165) is 22.3 Å². The Bertz CT molecular complexity index is 809. The van der Waals surface area contributed by atoms with E-state index in [1.807, 2.05) is 25.1 Å². The maximum absolute atomic E-state index is 12.5. The first kappa shape index (κ1) is 16.2. The Morgan fingerprint density at radius 3 is 2.09 bits per heavy atom. The number of benzene rings is 2. The summed E-state index contributed by atoms with van der Waals surface area (Å²) < 4.78 is 27.7. The third-order valence-corrected chi connectivity index (χ3v) is 5.13. The van der Waals surface area contributed by atoms with Crippen molar-refractivity contribution in [3.8, 4) is 6.07 Å². The molecule has 0 radical (unpaired) electrons. The molecule has 0 atom stereocenters. The summed E-state index contributed by atoms with van der Waals surface area (Å²) in [4.78, 5) is 0.340. The van der Waals surface area contributed by atoms with E-state index in [9.17, 15) is 8.42 Å². The normalized spacial score (nSPS) is 11.2. The highest BCUT2D eigenvalue weighted by atomic mass is 32.2. The Morgan fingerprint density at radius 2 is 1.59 bits per heavy atom. The summed E-state index contributed by atoms with van der Waals surface area (Å²) in [5, 5.41) is 8.76. The van der Waals surface area contributed by atoms with Crippen LogP contribution in [0.25, 0.3) is 0 Å². The van der Waals surface area contributed by atoms with Gasteiger partial charge >= 0.3 is 0 Å². The fourth-order valence-corrected chi connectivity index (χ4v) is 4.00. The van der Waals surface area contributed by atoms with Gasteiger partial charge in [-0.3, -0.25) is 0 Å². The van der Waals surface area contributed by atoms with Crippen molar-refractivity contribution in [2.45, 2.75) is 32.2 Å². The summed E-state index contributed by atoms with van der Waals surface area (Å²) in [5.41, 5.74) is 3.89. The number of hydrogen-bond acceptors (Lipinski definition) is 3. The van der Waals surface area contributed by atoms with Crippen LogP contribution in [0.5, 0.6) is 0 Å². The first-order chi connectivity index (χ1) is 10.3. The average Bonchev–Trinajstić information content (AvgIpc) is 2.44. The highest BCUT2D eigenvalue weighted by Crippen LogP contribution is 2.21. The lowest BCUT2D eigenvalue weighted by Gasteiger charge is -2.13. The molecule has 0 saturated heterocycles. The molecule has 0 aliphatic rings. The van der Waals surface area contributed by atoms with Gasteiger partial charge in [0.2, 0.25) is 10.0 Å². The number of nitrogens with one attached hydrogen (secondary N) is 1. The summed E-state index contributed by atoms with van der Waals surface area (Å²) in [6.45, 7) is 5.74. The van der Waals surface area contributed by atoms with Gasteiger partial charge < -0.3 is 0 Å². The minimum atomic E-state index is -3.57. The number of aryl methyl sites for hydroxylation is 3. The monoisotopic (exact) mass is 314 g/mol. The number of sulfonamides is 1. The molecule has 0 aliphatic carbocycles. The predicted octanol–water partition coefficient (Wildman–Crippen LogP) is 2.96. The van der Waals surface area contributed by atoms with Crippen molar-refractivity contribution in [2.24, 2.45) is 0 Å². The molecular formula is C17H18N2O2S. The van der Waals surface area contributed by atoms with Crippen LogP contribution in [0.4, 0.5) is 0 Å². The van der Waals surface area contributed by atoms with Crippen LogP contribution in [0.1, 0.15) is 27.8 Å². The van der Waals surface area contributed by atoms with Crippen molar-refractivity contribution < 1.29 is 8.42 Å². The molecular weight excluding hydrogens is 296 g/mol. The van der Waals surface area contributed by atoms with Crippen LogP contribution in [0.15, 0.2) is 41.3 Å².